The number of rotatable bonds is 3. The summed E-state index contributed by atoms with van der Waals surface area (Å²) in [6.07, 6.45) is 6.12. The molecule has 0 spiro atoms. The summed E-state index contributed by atoms with van der Waals surface area (Å²) in [5.41, 5.74) is 0.543. The molecule has 0 aliphatic rings. The Labute approximate surface area is 118 Å². The normalized spacial score (nSPS) is 12.4. The topological polar surface area (TPSA) is 67.6 Å². The number of nitrogens with zero attached hydrogens (tertiary/aromatic N) is 4. The van der Waals surface area contributed by atoms with Crippen molar-refractivity contribution in [2.75, 3.05) is 20.4 Å². The molecule has 1 heterocycles. The van der Waals surface area contributed by atoms with E-state index < -0.39 is 9.84 Å². The standard InChI is InChI=1S/C13H16N4O2S/c1-16(2)15-13(17-9-8-14-10-17)11-6-4-5-7-12(11)20(3,18)19/h4-10H,1-3H3. The molecule has 0 aliphatic carbocycles. The molecular weight excluding hydrogens is 276 g/mol. The maximum atomic E-state index is 11.9. The maximum Gasteiger partial charge on any atom is 0.176 e. The van der Waals surface area contributed by atoms with Gasteiger partial charge in [-0.3, -0.25) is 4.57 Å². The van der Waals surface area contributed by atoms with Gasteiger partial charge in [0.25, 0.3) is 0 Å². The first-order valence-corrected chi connectivity index (χ1v) is 7.82. The second kappa shape index (κ2) is 5.46. The fourth-order valence-corrected chi connectivity index (χ4v) is 2.68. The molecule has 0 N–H and O–H groups in total. The van der Waals surface area contributed by atoms with Crippen molar-refractivity contribution in [3.8, 4) is 0 Å². The van der Waals surface area contributed by atoms with E-state index in [4.69, 9.17) is 0 Å². The van der Waals surface area contributed by atoms with Gasteiger partial charge in [-0.1, -0.05) is 12.1 Å². The van der Waals surface area contributed by atoms with Crippen LogP contribution in [0, 0.1) is 0 Å². The highest BCUT2D eigenvalue weighted by molar-refractivity contribution is 7.90. The predicted molar refractivity (Wildman–Crippen MR) is 77.4 cm³/mol. The Balaban J connectivity index is 2.69. The maximum absolute atomic E-state index is 11.9. The highest BCUT2D eigenvalue weighted by Gasteiger charge is 2.18. The van der Waals surface area contributed by atoms with E-state index in [1.165, 1.54) is 6.26 Å². The number of sulfone groups is 1. The van der Waals surface area contributed by atoms with E-state index in [1.807, 2.05) is 0 Å². The first kappa shape index (κ1) is 14.3. The van der Waals surface area contributed by atoms with Crippen LogP contribution in [0.2, 0.25) is 0 Å². The third kappa shape index (κ3) is 3.05. The molecule has 7 heteroatoms. The molecule has 20 heavy (non-hydrogen) atoms. The van der Waals surface area contributed by atoms with Crippen LogP contribution < -0.4 is 0 Å². The molecule has 0 bridgehead atoms. The van der Waals surface area contributed by atoms with Crippen LogP contribution in [-0.2, 0) is 9.84 Å². The molecule has 0 amide bonds. The zero-order valence-corrected chi connectivity index (χ0v) is 12.4. The van der Waals surface area contributed by atoms with Crippen LogP contribution in [-0.4, -0.2) is 49.2 Å². The van der Waals surface area contributed by atoms with Crippen LogP contribution >= 0.6 is 0 Å². The molecule has 0 saturated carbocycles. The Kier molecular flexibility index (Phi) is 3.89. The summed E-state index contributed by atoms with van der Waals surface area (Å²) in [5.74, 6) is 0.508. The minimum atomic E-state index is -3.34. The second-order valence-electron chi connectivity index (χ2n) is 4.51. The summed E-state index contributed by atoms with van der Waals surface area (Å²) in [7, 11) is 0.217. The lowest BCUT2D eigenvalue weighted by molar-refractivity contribution is 0.435. The van der Waals surface area contributed by atoms with Gasteiger partial charge in [-0.15, -0.1) is 0 Å². The predicted octanol–water partition coefficient (Wildman–Crippen LogP) is 1.06. The van der Waals surface area contributed by atoms with Gasteiger partial charge in [0.2, 0.25) is 0 Å². The van der Waals surface area contributed by atoms with Crippen molar-refractivity contribution in [2.45, 2.75) is 4.90 Å². The Bertz CT molecular complexity index is 719. The molecule has 106 valence electrons. The molecule has 0 fully saturated rings. The largest absolute Gasteiger partial charge is 0.301 e. The summed E-state index contributed by atoms with van der Waals surface area (Å²) >= 11 is 0. The Morgan fingerprint density at radius 3 is 2.55 bits per heavy atom. The first-order valence-electron chi connectivity index (χ1n) is 5.93. The SMILES string of the molecule is CN(C)N=C(c1ccccc1S(C)(=O)=O)n1ccnc1. The monoisotopic (exact) mass is 292 g/mol. The van der Waals surface area contributed by atoms with Gasteiger partial charge >= 0.3 is 0 Å². The van der Waals surface area contributed by atoms with Crippen LogP contribution in [0.4, 0.5) is 0 Å². The van der Waals surface area contributed by atoms with E-state index in [0.717, 1.165) is 0 Å². The van der Waals surface area contributed by atoms with Crippen LogP contribution in [0.25, 0.3) is 0 Å². The molecule has 1 aromatic carbocycles. The van der Waals surface area contributed by atoms with Crippen molar-refractivity contribution in [3.05, 3.63) is 48.5 Å². The van der Waals surface area contributed by atoms with Crippen LogP contribution in [0.3, 0.4) is 0 Å². The van der Waals surface area contributed by atoms with Crippen LogP contribution in [0.15, 0.2) is 53.0 Å². The highest BCUT2D eigenvalue weighted by atomic mass is 32.2. The number of hydrogen-bond donors (Lipinski definition) is 0. The molecule has 6 nitrogen and oxygen atoms in total. The zero-order chi connectivity index (χ0) is 14.8. The number of hydrazone groups is 1. The Hall–Kier alpha value is -2.15. The van der Waals surface area contributed by atoms with Crippen molar-refractivity contribution < 1.29 is 8.42 Å². The smallest absolute Gasteiger partial charge is 0.176 e. The van der Waals surface area contributed by atoms with Crippen molar-refractivity contribution in [2.24, 2.45) is 5.10 Å². The van der Waals surface area contributed by atoms with Gasteiger partial charge in [-0.25, -0.2) is 13.4 Å². The van der Waals surface area contributed by atoms with E-state index in [9.17, 15) is 8.42 Å². The average molecular weight is 292 g/mol. The van der Waals surface area contributed by atoms with E-state index in [1.54, 1.807) is 66.7 Å². The molecule has 2 rings (SSSR count). The van der Waals surface area contributed by atoms with Gasteiger partial charge in [-0.2, -0.15) is 5.10 Å². The average Bonchev–Trinajstić information content (AvgIpc) is 2.88. The highest BCUT2D eigenvalue weighted by Crippen LogP contribution is 2.17. The molecule has 0 atom stereocenters. The van der Waals surface area contributed by atoms with Gasteiger partial charge in [0, 0.05) is 38.3 Å². The van der Waals surface area contributed by atoms with E-state index in [-0.39, 0.29) is 4.90 Å². The van der Waals surface area contributed by atoms with E-state index >= 15 is 0 Å². The van der Waals surface area contributed by atoms with Crippen molar-refractivity contribution in [1.29, 1.82) is 0 Å². The van der Waals surface area contributed by atoms with Crippen molar-refractivity contribution >= 4 is 15.7 Å². The number of imidazole rings is 1. The van der Waals surface area contributed by atoms with Crippen LogP contribution in [0.5, 0.6) is 0 Å². The summed E-state index contributed by atoms with van der Waals surface area (Å²) in [6.45, 7) is 0. The quantitative estimate of drug-likeness (QED) is 0.482. The fraction of sp³-hybridized carbons (Fsp3) is 0.231. The van der Waals surface area contributed by atoms with Gasteiger partial charge < -0.3 is 5.01 Å². The Morgan fingerprint density at radius 1 is 1.30 bits per heavy atom. The van der Waals surface area contributed by atoms with Gasteiger partial charge in [-0.05, 0) is 12.1 Å². The summed E-state index contributed by atoms with van der Waals surface area (Å²) in [6, 6.07) is 6.79. The lowest BCUT2D eigenvalue weighted by atomic mass is 10.2. The summed E-state index contributed by atoms with van der Waals surface area (Å²) in [5, 5.41) is 5.99. The van der Waals surface area contributed by atoms with Gasteiger partial charge in [0.1, 0.15) is 6.33 Å². The molecule has 1 aromatic heterocycles. The molecule has 2 aromatic rings. The van der Waals surface area contributed by atoms with Crippen molar-refractivity contribution in [3.63, 3.8) is 0 Å². The van der Waals surface area contributed by atoms with Gasteiger partial charge in [0.05, 0.1) is 4.90 Å². The minimum Gasteiger partial charge on any atom is -0.301 e. The lowest BCUT2D eigenvalue weighted by Crippen LogP contribution is -2.19. The number of benzene rings is 1. The fourth-order valence-electron chi connectivity index (χ4n) is 1.79. The summed E-state index contributed by atoms with van der Waals surface area (Å²) < 4.78 is 25.5. The Morgan fingerprint density at radius 2 is 2.00 bits per heavy atom. The molecular formula is C13H16N4O2S. The molecule has 0 unspecified atom stereocenters. The third-order valence-corrected chi connectivity index (χ3v) is 3.73. The van der Waals surface area contributed by atoms with Gasteiger partial charge in [0.15, 0.2) is 15.7 Å². The molecule has 0 radical (unpaired) electrons. The first-order chi connectivity index (χ1) is 9.39. The summed E-state index contributed by atoms with van der Waals surface area (Å²) in [4.78, 5) is 4.23. The minimum absolute atomic E-state index is 0.245. The van der Waals surface area contributed by atoms with E-state index in [0.29, 0.717) is 11.4 Å². The number of aromatic nitrogens is 2. The molecule has 0 aliphatic heterocycles. The van der Waals surface area contributed by atoms with Crippen molar-refractivity contribution in [1.82, 2.24) is 14.6 Å². The second-order valence-corrected chi connectivity index (χ2v) is 6.49. The lowest BCUT2D eigenvalue weighted by Gasteiger charge is -2.14. The number of hydrogen-bond acceptors (Lipinski definition) is 5. The van der Waals surface area contributed by atoms with Crippen LogP contribution in [0.1, 0.15) is 5.56 Å². The third-order valence-electron chi connectivity index (χ3n) is 2.57. The zero-order valence-electron chi connectivity index (χ0n) is 11.6. The molecule has 0 saturated heterocycles. The van der Waals surface area contributed by atoms with E-state index in [2.05, 4.69) is 10.1 Å².